The fourth-order valence-corrected chi connectivity index (χ4v) is 3.22. The van der Waals surface area contributed by atoms with E-state index in [1.807, 2.05) is 30.7 Å². The van der Waals surface area contributed by atoms with Crippen LogP contribution in [0.4, 0.5) is 0 Å². The third-order valence-corrected chi connectivity index (χ3v) is 4.21. The van der Waals surface area contributed by atoms with Gasteiger partial charge in [-0.3, -0.25) is 0 Å². The van der Waals surface area contributed by atoms with E-state index in [4.69, 9.17) is 38.5 Å². The van der Waals surface area contributed by atoms with Crippen molar-refractivity contribution in [2.45, 2.75) is 45.1 Å². The molecule has 1 heterocycles. The van der Waals surface area contributed by atoms with Crippen molar-refractivity contribution in [2.75, 3.05) is 0 Å². The van der Waals surface area contributed by atoms with Crippen LogP contribution in [0.25, 0.3) is 0 Å². The van der Waals surface area contributed by atoms with Gasteiger partial charge in [0.25, 0.3) is 0 Å². The van der Waals surface area contributed by atoms with Gasteiger partial charge in [-0.1, -0.05) is 55.5 Å². The van der Waals surface area contributed by atoms with Crippen molar-refractivity contribution in [1.29, 1.82) is 0 Å². The molecule has 0 spiro atoms. The van der Waals surface area contributed by atoms with E-state index in [-0.39, 0.29) is 0 Å². The van der Waals surface area contributed by atoms with E-state index >= 15 is 0 Å². The third-order valence-electron chi connectivity index (χ3n) is 3.55. The van der Waals surface area contributed by atoms with Crippen LogP contribution in [-0.2, 0) is 6.54 Å². The minimum atomic E-state index is -1.25. The van der Waals surface area contributed by atoms with Crippen molar-refractivity contribution < 1.29 is 15.5 Å². The first-order valence-electron chi connectivity index (χ1n) is 7.70. The van der Waals surface area contributed by atoms with Gasteiger partial charge in [0.1, 0.15) is 4.91 Å². The van der Waals surface area contributed by atoms with Crippen LogP contribution >= 0.6 is 23.2 Å². The molecule has 132 valence electrons. The molecule has 24 heavy (non-hydrogen) atoms. The summed E-state index contributed by atoms with van der Waals surface area (Å²) in [6.07, 6.45) is 10.4. The van der Waals surface area contributed by atoms with Crippen molar-refractivity contribution in [1.82, 2.24) is 9.55 Å². The smallest absolute Gasteiger partial charge is 0.337 e. The lowest BCUT2D eigenvalue weighted by molar-refractivity contribution is -0.969. The van der Waals surface area contributed by atoms with Crippen molar-refractivity contribution in [2.24, 2.45) is 0 Å². The number of imidazole rings is 1. The minimum absolute atomic E-state index is 0.331. The summed E-state index contributed by atoms with van der Waals surface area (Å²) in [5.74, 6) is 0.331. The van der Waals surface area contributed by atoms with E-state index in [1.54, 1.807) is 6.20 Å². The summed E-state index contributed by atoms with van der Waals surface area (Å²) >= 11 is 12.7. The molecule has 0 bridgehead atoms. The minimum Gasteiger partial charge on any atom is -0.337 e. The van der Waals surface area contributed by atoms with Gasteiger partial charge < -0.3 is 4.57 Å². The van der Waals surface area contributed by atoms with Crippen LogP contribution in [0.5, 0.6) is 0 Å². The molecule has 1 atom stereocenters. The average Bonchev–Trinajstić information content (AvgIpc) is 2.99. The number of aromatic nitrogens is 2. The number of halogens is 2. The van der Waals surface area contributed by atoms with E-state index in [9.17, 15) is 0 Å². The molecule has 0 aliphatic heterocycles. The fraction of sp³-hybridized carbons (Fsp3) is 0.438. The van der Waals surface area contributed by atoms with Gasteiger partial charge in [-0.2, -0.15) is 0 Å². The molecule has 2 aromatic rings. The van der Waals surface area contributed by atoms with E-state index in [0.717, 1.165) is 28.6 Å². The monoisotopic (exact) mass is 374 g/mol. The number of rotatable bonds is 7. The second kappa shape index (κ2) is 10.9. The molecule has 0 fully saturated rings. The maximum atomic E-state index is 8.47. The summed E-state index contributed by atoms with van der Waals surface area (Å²) in [5.41, 5.74) is 1.07. The molecule has 8 heteroatoms. The lowest BCUT2D eigenvalue weighted by Gasteiger charge is -2.20. The maximum absolute atomic E-state index is 8.47. The predicted octanol–water partition coefficient (Wildman–Crippen LogP) is 5.10. The number of nitrogens with zero attached hydrogens (tertiary/aromatic N) is 3. The fourth-order valence-electron chi connectivity index (χ4n) is 2.52. The largest absolute Gasteiger partial charge is 0.472 e. The van der Waals surface area contributed by atoms with Gasteiger partial charge in [-0.25, -0.2) is 15.4 Å². The molecule has 1 aromatic carbocycles. The number of unbranched alkanes of at least 4 members (excludes halogenated alkanes) is 2. The maximum Gasteiger partial charge on any atom is 0.472 e. The Hall–Kier alpha value is -1.79. The SMILES string of the molecule is CCCCCC(Cn1ccnc1)c1c(Cl)cccc1Cl.O=[N+](O)O. The zero-order valence-corrected chi connectivity index (χ0v) is 15.0. The molecule has 1 unspecified atom stereocenters. The van der Waals surface area contributed by atoms with Gasteiger partial charge in [0.05, 0.1) is 6.33 Å². The summed E-state index contributed by atoms with van der Waals surface area (Å²) in [6.45, 7) is 3.08. The van der Waals surface area contributed by atoms with E-state index in [2.05, 4.69) is 16.5 Å². The van der Waals surface area contributed by atoms with Crippen LogP contribution in [-0.4, -0.2) is 25.1 Å². The van der Waals surface area contributed by atoms with Crippen molar-refractivity contribution >= 4 is 23.2 Å². The lowest BCUT2D eigenvalue weighted by atomic mass is 9.93. The third kappa shape index (κ3) is 7.19. The topological polar surface area (TPSA) is 78.4 Å². The molecular weight excluding hydrogens is 353 g/mol. The van der Waals surface area contributed by atoms with E-state index in [0.29, 0.717) is 5.92 Å². The molecule has 0 aliphatic rings. The molecule has 0 saturated heterocycles. The van der Waals surface area contributed by atoms with Crippen LogP contribution in [0.1, 0.15) is 44.1 Å². The van der Waals surface area contributed by atoms with Gasteiger partial charge in [0.2, 0.25) is 0 Å². The number of hydrogen-bond donors (Lipinski definition) is 2. The second-order valence-corrected chi connectivity index (χ2v) is 6.15. The average molecular weight is 375 g/mol. The summed E-state index contributed by atoms with van der Waals surface area (Å²) in [6, 6.07) is 5.74. The molecule has 0 aliphatic carbocycles. The first-order valence-corrected chi connectivity index (χ1v) is 8.46. The highest BCUT2D eigenvalue weighted by atomic mass is 35.5. The molecule has 1 aromatic heterocycles. The molecule has 2 N–H and O–H groups in total. The van der Waals surface area contributed by atoms with Crippen molar-refractivity contribution in [3.8, 4) is 0 Å². The Labute approximate surface area is 151 Å². The molecule has 0 saturated carbocycles. The molecule has 6 nitrogen and oxygen atoms in total. The highest BCUT2D eigenvalue weighted by Crippen LogP contribution is 2.35. The zero-order chi connectivity index (χ0) is 17.9. The highest BCUT2D eigenvalue weighted by Gasteiger charge is 2.18. The summed E-state index contributed by atoms with van der Waals surface area (Å²) in [5, 5.41) is 14.1. The Balaban J connectivity index is 0.000000648. The van der Waals surface area contributed by atoms with Crippen LogP contribution < -0.4 is 0 Å². The van der Waals surface area contributed by atoms with Crippen LogP contribution in [0.15, 0.2) is 36.9 Å². The lowest BCUT2D eigenvalue weighted by Crippen LogP contribution is -2.09. The Morgan fingerprint density at radius 2 is 1.88 bits per heavy atom. The normalized spacial score (nSPS) is 11.5. The summed E-state index contributed by atoms with van der Waals surface area (Å²) < 4.78 is 2.09. The van der Waals surface area contributed by atoms with Gasteiger partial charge in [-0.15, -0.1) is 0 Å². The summed E-state index contributed by atoms with van der Waals surface area (Å²) in [7, 11) is 0. The molecule has 0 radical (unpaired) electrons. The van der Waals surface area contributed by atoms with E-state index in [1.165, 1.54) is 19.3 Å². The van der Waals surface area contributed by atoms with Gasteiger partial charge in [0, 0.05) is 34.9 Å². The van der Waals surface area contributed by atoms with Crippen molar-refractivity contribution in [3.05, 3.63) is 57.4 Å². The summed E-state index contributed by atoms with van der Waals surface area (Å²) in [4.78, 5) is 12.6. The molecular formula is C16H22Cl2N3O3+. The molecule has 2 rings (SSSR count). The zero-order valence-electron chi connectivity index (χ0n) is 13.5. The standard InChI is InChI=1S/C16H20Cl2N2.H2NO3/c1-2-3-4-6-13(11-20-10-9-19-12-20)16-14(17)7-5-8-15(16)18;2-1(3)4/h5,7-10,12-13H,2-4,6,11H2,1H3;(H2,2,3,4)/q;+1. The first-order chi connectivity index (χ1) is 11.5. The van der Waals surface area contributed by atoms with Gasteiger partial charge in [-0.05, 0) is 24.1 Å². The quantitative estimate of drug-likeness (QED) is 0.521. The second-order valence-electron chi connectivity index (χ2n) is 5.34. The van der Waals surface area contributed by atoms with Crippen LogP contribution in [0.3, 0.4) is 0 Å². The Morgan fingerprint density at radius 3 is 2.38 bits per heavy atom. The van der Waals surface area contributed by atoms with Crippen LogP contribution in [0, 0.1) is 4.91 Å². The molecule has 0 amide bonds. The Bertz CT molecular complexity index is 597. The number of hydrogen-bond acceptors (Lipinski definition) is 2. The van der Waals surface area contributed by atoms with Gasteiger partial charge in [0.15, 0.2) is 0 Å². The number of benzene rings is 1. The van der Waals surface area contributed by atoms with Gasteiger partial charge >= 0.3 is 5.09 Å². The Kier molecular flexibility index (Phi) is 9.19. The first kappa shape index (κ1) is 20.3. The van der Waals surface area contributed by atoms with E-state index < -0.39 is 5.09 Å². The Morgan fingerprint density at radius 1 is 1.25 bits per heavy atom. The van der Waals surface area contributed by atoms with Crippen LogP contribution in [0.2, 0.25) is 10.0 Å². The highest BCUT2D eigenvalue weighted by molar-refractivity contribution is 6.36. The van der Waals surface area contributed by atoms with Crippen molar-refractivity contribution in [3.63, 3.8) is 0 Å². The predicted molar refractivity (Wildman–Crippen MR) is 92.8 cm³/mol.